The lowest BCUT2D eigenvalue weighted by Crippen LogP contribution is -2.34. The van der Waals surface area contributed by atoms with Crippen molar-refractivity contribution in [2.45, 2.75) is 4.90 Å². The lowest BCUT2D eigenvalue weighted by Gasteiger charge is -2.19. The Balaban J connectivity index is 1.67. The van der Waals surface area contributed by atoms with E-state index < -0.39 is 10.0 Å². The van der Waals surface area contributed by atoms with E-state index in [0.29, 0.717) is 16.9 Å². The van der Waals surface area contributed by atoms with E-state index in [1.807, 2.05) is 12.1 Å². The second-order valence-electron chi connectivity index (χ2n) is 6.25. The van der Waals surface area contributed by atoms with Crippen LogP contribution in [0.25, 0.3) is 0 Å². The van der Waals surface area contributed by atoms with Crippen LogP contribution in [-0.2, 0) is 10.0 Å². The molecule has 3 aromatic carbocycles. The number of rotatable bonds is 5. The predicted octanol–water partition coefficient (Wildman–Crippen LogP) is 4.24. The minimum Gasteiger partial charge on any atom is -0.332 e. The minimum atomic E-state index is -3.69. The van der Waals surface area contributed by atoms with Crippen molar-refractivity contribution in [3.63, 3.8) is 0 Å². The highest BCUT2D eigenvalue weighted by Gasteiger charge is 2.21. The van der Waals surface area contributed by atoms with Crippen LogP contribution >= 0.6 is 34.8 Å². The molecule has 0 spiro atoms. The number of hydrogen-bond donors (Lipinski definition) is 2. The van der Waals surface area contributed by atoms with Gasteiger partial charge in [0.2, 0.25) is 0 Å². The first-order valence-corrected chi connectivity index (χ1v) is 11.7. The summed E-state index contributed by atoms with van der Waals surface area (Å²) in [6, 6.07) is 22.1. The van der Waals surface area contributed by atoms with E-state index in [-0.39, 0.29) is 15.9 Å². The molecule has 0 heterocycles. The number of hydrogen-bond acceptors (Lipinski definition) is 4. The van der Waals surface area contributed by atoms with Gasteiger partial charge in [0.05, 0.1) is 10.6 Å². The number of sulfonamides is 1. The lowest BCUT2D eigenvalue weighted by atomic mass is 10.2. The molecule has 2 N–H and O–H groups in total. The Morgan fingerprint density at radius 3 is 2.27 bits per heavy atom. The molecule has 30 heavy (non-hydrogen) atoms. The molecule has 1 amide bonds. The van der Waals surface area contributed by atoms with Crippen LogP contribution in [-0.4, -0.2) is 26.5 Å². The number of benzene rings is 3. The molecule has 0 aliphatic carbocycles. The highest BCUT2D eigenvalue weighted by atomic mass is 127. The number of anilines is 2. The number of amides is 1. The quantitative estimate of drug-likeness (QED) is 0.367. The van der Waals surface area contributed by atoms with Crippen LogP contribution in [0.4, 0.5) is 11.4 Å². The Morgan fingerprint density at radius 1 is 0.967 bits per heavy atom. The second kappa shape index (κ2) is 9.54. The average molecular weight is 551 g/mol. The highest BCUT2D eigenvalue weighted by molar-refractivity contribution is 14.1. The summed E-state index contributed by atoms with van der Waals surface area (Å²) >= 11 is 7.31. The van der Waals surface area contributed by atoms with Crippen LogP contribution in [0.3, 0.4) is 0 Å². The molecule has 154 valence electrons. The molecule has 0 aliphatic rings. The maximum absolute atomic E-state index is 12.8. The average Bonchev–Trinajstić information content (AvgIpc) is 2.74. The molecular weight excluding hydrogens is 533 g/mol. The van der Waals surface area contributed by atoms with E-state index in [0.717, 1.165) is 3.57 Å². The molecule has 0 bridgehead atoms. The van der Waals surface area contributed by atoms with Crippen LogP contribution in [0.1, 0.15) is 10.4 Å². The van der Waals surface area contributed by atoms with Crippen LogP contribution < -0.4 is 14.9 Å². The third-order valence-electron chi connectivity index (χ3n) is 4.20. The number of carbonyl (C=O) groups is 1. The van der Waals surface area contributed by atoms with E-state index in [2.05, 4.69) is 33.2 Å². The van der Waals surface area contributed by atoms with Crippen molar-refractivity contribution in [2.75, 3.05) is 16.7 Å². The smallest absolute Gasteiger partial charge is 0.264 e. The van der Waals surface area contributed by atoms with Gasteiger partial charge in [0.15, 0.2) is 5.11 Å². The molecule has 0 unspecified atom stereocenters. The van der Waals surface area contributed by atoms with Gasteiger partial charge in [-0.3, -0.25) is 14.4 Å². The fourth-order valence-electron chi connectivity index (χ4n) is 2.61. The van der Waals surface area contributed by atoms with Gasteiger partial charge >= 0.3 is 0 Å². The van der Waals surface area contributed by atoms with Gasteiger partial charge in [-0.15, -0.1) is 0 Å². The molecule has 9 heteroatoms. The van der Waals surface area contributed by atoms with Crippen molar-refractivity contribution in [1.82, 2.24) is 5.32 Å². The molecule has 0 aromatic heterocycles. The Labute approximate surface area is 194 Å². The van der Waals surface area contributed by atoms with E-state index in [1.54, 1.807) is 54.6 Å². The number of thiocarbonyl (C=S) groups is 1. The maximum Gasteiger partial charge on any atom is 0.264 e. The summed E-state index contributed by atoms with van der Waals surface area (Å²) in [6.07, 6.45) is 0. The monoisotopic (exact) mass is 551 g/mol. The topological polar surface area (TPSA) is 78.5 Å². The number of halogens is 1. The molecule has 3 aromatic rings. The third-order valence-corrected chi connectivity index (χ3v) is 6.88. The fourth-order valence-corrected chi connectivity index (χ4v) is 4.56. The van der Waals surface area contributed by atoms with Crippen molar-refractivity contribution in [3.8, 4) is 0 Å². The summed E-state index contributed by atoms with van der Waals surface area (Å²) in [5.74, 6) is -0.324. The summed E-state index contributed by atoms with van der Waals surface area (Å²) in [4.78, 5) is 12.4. The number of para-hydroxylation sites is 1. The van der Waals surface area contributed by atoms with Gasteiger partial charge in [-0.25, -0.2) is 8.42 Å². The zero-order chi connectivity index (χ0) is 21.7. The molecule has 0 atom stereocenters. The van der Waals surface area contributed by atoms with Crippen molar-refractivity contribution < 1.29 is 13.2 Å². The standard InChI is InChI=1S/C21H18IN3O3S2/c1-25(18-8-3-2-4-9-18)30(27,28)19-12-10-17(11-13-19)23-21(29)24-20(26)15-6-5-7-16(22)14-15/h2-14H,1H3,(H2,23,24,26,29). The van der Waals surface area contributed by atoms with E-state index in [9.17, 15) is 13.2 Å². The number of nitrogens with zero attached hydrogens (tertiary/aromatic N) is 1. The normalized spacial score (nSPS) is 10.9. The van der Waals surface area contributed by atoms with Crippen molar-refractivity contribution in [1.29, 1.82) is 0 Å². The second-order valence-corrected chi connectivity index (χ2v) is 9.87. The van der Waals surface area contributed by atoms with Gasteiger partial charge in [-0.2, -0.15) is 0 Å². The van der Waals surface area contributed by atoms with Crippen LogP contribution in [0.2, 0.25) is 0 Å². The van der Waals surface area contributed by atoms with Gasteiger partial charge in [0.1, 0.15) is 0 Å². The van der Waals surface area contributed by atoms with Gasteiger partial charge < -0.3 is 5.32 Å². The first-order valence-electron chi connectivity index (χ1n) is 8.79. The van der Waals surface area contributed by atoms with Crippen LogP contribution in [0, 0.1) is 3.57 Å². The minimum absolute atomic E-state index is 0.121. The van der Waals surface area contributed by atoms with E-state index in [1.165, 1.54) is 23.5 Å². The molecule has 0 aliphatic heterocycles. The van der Waals surface area contributed by atoms with Gasteiger partial charge in [-0.1, -0.05) is 24.3 Å². The van der Waals surface area contributed by atoms with Crippen LogP contribution in [0.15, 0.2) is 83.8 Å². The molecule has 0 saturated carbocycles. The highest BCUT2D eigenvalue weighted by Crippen LogP contribution is 2.22. The van der Waals surface area contributed by atoms with Crippen molar-refractivity contribution in [3.05, 3.63) is 88.0 Å². The number of carbonyl (C=O) groups excluding carboxylic acids is 1. The summed E-state index contributed by atoms with van der Waals surface area (Å²) in [7, 11) is -2.19. The van der Waals surface area contributed by atoms with Gasteiger partial charge in [0, 0.05) is 21.9 Å². The maximum atomic E-state index is 12.8. The predicted molar refractivity (Wildman–Crippen MR) is 131 cm³/mol. The number of nitrogens with one attached hydrogen (secondary N) is 2. The Morgan fingerprint density at radius 2 is 1.63 bits per heavy atom. The zero-order valence-corrected chi connectivity index (χ0v) is 19.7. The van der Waals surface area contributed by atoms with Crippen molar-refractivity contribution in [2.24, 2.45) is 0 Å². The summed E-state index contributed by atoms with van der Waals surface area (Å²) < 4.78 is 27.8. The van der Waals surface area contributed by atoms with Gasteiger partial charge in [0.25, 0.3) is 15.9 Å². The summed E-state index contributed by atoms with van der Waals surface area (Å²) in [5.41, 5.74) is 1.62. The molecule has 6 nitrogen and oxygen atoms in total. The first kappa shape index (κ1) is 22.2. The summed E-state index contributed by atoms with van der Waals surface area (Å²) in [6.45, 7) is 0. The van der Waals surface area contributed by atoms with Crippen molar-refractivity contribution >= 4 is 67.2 Å². The Bertz CT molecular complexity index is 1170. The molecule has 3 rings (SSSR count). The Kier molecular flexibility index (Phi) is 7.06. The zero-order valence-electron chi connectivity index (χ0n) is 15.9. The van der Waals surface area contributed by atoms with Gasteiger partial charge in [-0.05, 0) is 89.4 Å². The molecule has 0 saturated heterocycles. The Hall–Kier alpha value is -2.50. The summed E-state index contributed by atoms with van der Waals surface area (Å²) in [5, 5.41) is 5.62. The first-order chi connectivity index (χ1) is 14.3. The molecular formula is C21H18IN3O3S2. The van der Waals surface area contributed by atoms with E-state index in [4.69, 9.17) is 12.2 Å². The molecule has 0 fully saturated rings. The fraction of sp³-hybridized carbons (Fsp3) is 0.0476. The molecule has 0 radical (unpaired) electrons. The third kappa shape index (κ3) is 5.35. The van der Waals surface area contributed by atoms with Crippen LogP contribution in [0.5, 0.6) is 0 Å². The lowest BCUT2D eigenvalue weighted by molar-refractivity contribution is 0.0977. The van der Waals surface area contributed by atoms with E-state index >= 15 is 0 Å². The SMILES string of the molecule is CN(c1ccccc1)S(=O)(=O)c1ccc(NC(=S)NC(=O)c2cccc(I)c2)cc1. The largest absolute Gasteiger partial charge is 0.332 e.